The maximum absolute atomic E-state index is 12.8. The minimum atomic E-state index is -3.65. The fraction of sp³-hybridized carbons (Fsp3) is 0.571. The van der Waals surface area contributed by atoms with Gasteiger partial charge in [0.05, 0.1) is 18.1 Å². The Morgan fingerprint density at radius 3 is 2.62 bits per heavy atom. The Morgan fingerprint density at radius 1 is 1.43 bits per heavy atom. The van der Waals surface area contributed by atoms with Gasteiger partial charge in [-0.25, -0.2) is 8.42 Å². The van der Waals surface area contributed by atoms with Crippen molar-refractivity contribution in [2.75, 3.05) is 20.3 Å². The normalized spacial score (nSPS) is 13.6. The summed E-state index contributed by atoms with van der Waals surface area (Å²) < 4.78 is 31.9. The van der Waals surface area contributed by atoms with Crippen LogP contribution in [-0.4, -0.2) is 44.1 Å². The van der Waals surface area contributed by atoms with Crippen LogP contribution in [0.5, 0.6) is 0 Å². The predicted molar refractivity (Wildman–Crippen MR) is 82.9 cm³/mol. The molecule has 0 aliphatic rings. The summed E-state index contributed by atoms with van der Waals surface area (Å²) in [5, 5.41) is 9.58. The SMILES string of the molecule is CCC(C)N(CCOC)S(=O)(=O)c1ccc(Cl)c(CO)c1. The molecule has 1 unspecified atom stereocenters. The van der Waals surface area contributed by atoms with Gasteiger partial charge in [0.25, 0.3) is 0 Å². The van der Waals surface area contributed by atoms with E-state index in [1.54, 1.807) is 0 Å². The number of benzene rings is 1. The number of hydrogen-bond donors (Lipinski definition) is 1. The van der Waals surface area contributed by atoms with Gasteiger partial charge in [-0.15, -0.1) is 0 Å². The maximum atomic E-state index is 12.8. The highest BCUT2D eigenvalue weighted by atomic mass is 35.5. The monoisotopic (exact) mass is 335 g/mol. The van der Waals surface area contributed by atoms with Crippen LogP contribution in [0.25, 0.3) is 0 Å². The summed E-state index contributed by atoms with van der Waals surface area (Å²) in [6.45, 7) is 4.09. The van der Waals surface area contributed by atoms with Crippen LogP contribution < -0.4 is 0 Å². The minimum Gasteiger partial charge on any atom is -0.392 e. The summed E-state index contributed by atoms with van der Waals surface area (Å²) >= 11 is 5.91. The van der Waals surface area contributed by atoms with Crippen molar-refractivity contribution < 1.29 is 18.3 Å². The molecular formula is C14H22ClNO4S. The summed E-state index contributed by atoms with van der Waals surface area (Å²) in [5.74, 6) is 0. The van der Waals surface area contributed by atoms with Crippen LogP contribution in [0.15, 0.2) is 23.1 Å². The molecule has 0 aromatic heterocycles. The van der Waals surface area contributed by atoms with E-state index in [4.69, 9.17) is 16.3 Å². The average molecular weight is 336 g/mol. The Bertz CT molecular complexity index is 562. The van der Waals surface area contributed by atoms with Crippen molar-refractivity contribution in [3.63, 3.8) is 0 Å². The summed E-state index contributed by atoms with van der Waals surface area (Å²) in [7, 11) is -2.12. The van der Waals surface area contributed by atoms with Gasteiger partial charge in [0.15, 0.2) is 0 Å². The van der Waals surface area contributed by atoms with Crippen molar-refractivity contribution in [3.05, 3.63) is 28.8 Å². The number of ether oxygens (including phenoxy) is 1. The number of halogens is 1. The lowest BCUT2D eigenvalue weighted by Crippen LogP contribution is -2.40. The maximum Gasteiger partial charge on any atom is 0.243 e. The average Bonchev–Trinajstić information content (AvgIpc) is 2.47. The second kappa shape index (κ2) is 8.10. The molecule has 120 valence electrons. The largest absolute Gasteiger partial charge is 0.392 e. The van der Waals surface area contributed by atoms with Crippen LogP contribution in [0.3, 0.4) is 0 Å². The van der Waals surface area contributed by atoms with E-state index >= 15 is 0 Å². The quantitative estimate of drug-likeness (QED) is 0.791. The smallest absolute Gasteiger partial charge is 0.243 e. The zero-order valence-corrected chi connectivity index (χ0v) is 14.1. The number of aliphatic hydroxyl groups excluding tert-OH is 1. The molecule has 0 saturated heterocycles. The summed E-state index contributed by atoms with van der Waals surface area (Å²) in [6.07, 6.45) is 0.698. The van der Waals surface area contributed by atoms with Gasteiger partial charge in [0.2, 0.25) is 10.0 Å². The highest BCUT2D eigenvalue weighted by Gasteiger charge is 2.28. The molecule has 0 saturated carbocycles. The van der Waals surface area contributed by atoms with Crippen LogP contribution in [0.1, 0.15) is 25.8 Å². The Morgan fingerprint density at radius 2 is 2.10 bits per heavy atom. The molecule has 7 heteroatoms. The molecule has 1 aromatic rings. The lowest BCUT2D eigenvalue weighted by atomic mass is 10.2. The third kappa shape index (κ3) is 4.40. The van der Waals surface area contributed by atoms with E-state index in [9.17, 15) is 13.5 Å². The number of aliphatic hydroxyl groups is 1. The topological polar surface area (TPSA) is 66.8 Å². The molecule has 0 spiro atoms. The molecular weight excluding hydrogens is 314 g/mol. The van der Waals surface area contributed by atoms with E-state index in [-0.39, 0.29) is 24.1 Å². The number of methoxy groups -OCH3 is 1. The van der Waals surface area contributed by atoms with Gasteiger partial charge in [0, 0.05) is 24.7 Å². The molecule has 1 aromatic carbocycles. The summed E-state index contributed by atoms with van der Waals surface area (Å²) in [4.78, 5) is 0.132. The van der Waals surface area contributed by atoms with Gasteiger partial charge in [-0.05, 0) is 37.1 Å². The van der Waals surface area contributed by atoms with E-state index in [1.807, 2.05) is 13.8 Å². The Balaban J connectivity index is 3.21. The Hall–Kier alpha value is -0.660. The Kier molecular flexibility index (Phi) is 7.09. The first-order chi connectivity index (χ1) is 9.88. The van der Waals surface area contributed by atoms with Crippen LogP contribution in [-0.2, 0) is 21.4 Å². The first kappa shape index (κ1) is 18.4. The molecule has 0 heterocycles. The molecule has 1 rings (SSSR count). The Labute approximate surface area is 131 Å². The molecule has 0 aliphatic carbocycles. The lowest BCUT2D eigenvalue weighted by Gasteiger charge is -2.27. The molecule has 21 heavy (non-hydrogen) atoms. The molecule has 1 N–H and O–H groups in total. The van der Waals surface area contributed by atoms with Crippen molar-refractivity contribution in [3.8, 4) is 0 Å². The van der Waals surface area contributed by atoms with Crippen molar-refractivity contribution in [1.29, 1.82) is 0 Å². The van der Waals surface area contributed by atoms with Crippen molar-refractivity contribution in [2.45, 2.75) is 37.8 Å². The number of nitrogens with zero attached hydrogens (tertiary/aromatic N) is 1. The van der Waals surface area contributed by atoms with Gasteiger partial charge >= 0.3 is 0 Å². The van der Waals surface area contributed by atoms with Crippen molar-refractivity contribution in [1.82, 2.24) is 4.31 Å². The van der Waals surface area contributed by atoms with E-state index < -0.39 is 10.0 Å². The highest BCUT2D eigenvalue weighted by Crippen LogP contribution is 2.24. The van der Waals surface area contributed by atoms with E-state index in [1.165, 1.54) is 29.6 Å². The highest BCUT2D eigenvalue weighted by molar-refractivity contribution is 7.89. The second-order valence-electron chi connectivity index (χ2n) is 4.78. The van der Waals surface area contributed by atoms with Gasteiger partial charge in [-0.3, -0.25) is 0 Å². The van der Waals surface area contributed by atoms with Crippen LogP contribution >= 0.6 is 11.6 Å². The first-order valence-corrected chi connectivity index (χ1v) is 8.60. The molecule has 0 aliphatic heterocycles. The lowest BCUT2D eigenvalue weighted by molar-refractivity contribution is 0.167. The van der Waals surface area contributed by atoms with Gasteiger partial charge in [-0.1, -0.05) is 18.5 Å². The van der Waals surface area contributed by atoms with Crippen LogP contribution in [0.4, 0.5) is 0 Å². The van der Waals surface area contributed by atoms with Crippen LogP contribution in [0.2, 0.25) is 5.02 Å². The van der Waals surface area contributed by atoms with Gasteiger partial charge in [0.1, 0.15) is 0 Å². The van der Waals surface area contributed by atoms with Crippen molar-refractivity contribution >= 4 is 21.6 Å². The third-order valence-corrected chi connectivity index (χ3v) is 5.77. The van der Waals surface area contributed by atoms with E-state index in [0.717, 1.165) is 0 Å². The molecule has 0 radical (unpaired) electrons. The zero-order valence-electron chi connectivity index (χ0n) is 12.5. The zero-order chi connectivity index (χ0) is 16.0. The number of hydrogen-bond acceptors (Lipinski definition) is 4. The standard InChI is InChI=1S/C14H22ClNO4S/c1-4-11(2)16(7-8-20-3)21(18,19)13-5-6-14(15)12(9-13)10-17/h5-6,9,11,17H,4,7-8,10H2,1-3H3. The molecule has 1 atom stereocenters. The summed E-state index contributed by atoms with van der Waals surface area (Å²) in [5.41, 5.74) is 0.397. The van der Waals surface area contributed by atoms with Gasteiger partial charge < -0.3 is 9.84 Å². The summed E-state index contributed by atoms with van der Waals surface area (Å²) in [6, 6.07) is 4.22. The third-order valence-electron chi connectivity index (χ3n) is 3.39. The number of sulfonamides is 1. The van der Waals surface area contributed by atoms with E-state index in [0.29, 0.717) is 23.6 Å². The minimum absolute atomic E-state index is 0.132. The number of rotatable bonds is 8. The molecule has 5 nitrogen and oxygen atoms in total. The fourth-order valence-corrected chi connectivity index (χ4v) is 3.85. The van der Waals surface area contributed by atoms with Crippen LogP contribution in [0, 0.1) is 0 Å². The first-order valence-electron chi connectivity index (χ1n) is 6.78. The molecule has 0 bridgehead atoms. The molecule has 0 fully saturated rings. The van der Waals surface area contributed by atoms with E-state index in [2.05, 4.69) is 0 Å². The molecule has 0 amide bonds. The fourth-order valence-electron chi connectivity index (χ4n) is 1.93. The predicted octanol–water partition coefficient (Wildman–Crippen LogP) is 2.27. The second-order valence-corrected chi connectivity index (χ2v) is 7.07. The van der Waals surface area contributed by atoms with Gasteiger partial charge in [-0.2, -0.15) is 4.31 Å². The van der Waals surface area contributed by atoms with Crippen molar-refractivity contribution in [2.24, 2.45) is 0 Å².